The van der Waals surface area contributed by atoms with Gasteiger partial charge >= 0.3 is 0 Å². The molecule has 1 aliphatic heterocycles. The van der Waals surface area contributed by atoms with Crippen molar-refractivity contribution in [3.63, 3.8) is 0 Å². The second kappa shape index (κ2) is 11.2. The Hall–Kier alpha value is -5.13. The van der Waals surface area contributed by atoms with Gasteiger partial charge < -0.3 is 19.5 Å². The summed E-state index contributed by atoms with van der Waals surface area (Å²) in [7, 11) is 1.75. The standard InChI is InChI=1S/C29H29N9O3/c1-19(39)31-21-8-9-26-24(17-21)32-28(41-26)20-10-13-30-25(16-20)29(40)37-14-11-23(12-15-37)38(22-6-4-3-5-7-22)18-27-33-35-36(2)34-27/h3-10,13,16-17,23H,11-12,14-15,18H2,1-2H3,(H,31,39). The third-order valence-electron chi connectivity index (χ3n) is 7.08. The van der Waals surface area contributed by atoms with E-state index in [2.05, 4.69) is 47.7 Å². The maximum atomic E-state index is 13.5. The molecular weight excluding hydrogens is 522 g/mol. The van der Waals surface area contributed by atoms with Crippen LogP contribution >= 0.6 is 0 Å². The number of nitrogens with zero attached hydrogens (tertiary/aromatic N) is 8. The van der Waals surface area contributed by atoms with Crippen molar-refractivity contribution >= 4 is 34.3 Å². The van der Waals surface area contributed by atoms with E-state index in [1.807, 2.05) is 23.1 Å². The summed E-state index contributed by atoms with van der Waals surface area (Å²) in [4.78, 5) is 39.4. The summed E-state index contributed by atoms with van der Waals surface area (Å²) < 4.78 is 5.93. The van der Waals surface area contributed by atoms with E-state index in [4.69, 9.17) is 4.42 Å². The largest absolute Gasteiger partial charge is 0.436 e. The van der Waals surface area contributed by atoms with Gasteiger partial charge in [-0.1, -0.05) is 18.2 Å². The zero-order valence-corrected chi connectivity index (χ0v) is 22.8. The Bertz CT molecular complexity index is 1690. The highest BCUT2D eigenvalue weighted by molar-refractivity contribution is 5.94. The zero-order chi connectivity index (χ0) is 28.3. The first kappa shape index (κ1) is 26.1. The first-order chi connectivity index (χ1) is 19.9. The minimum absolute atomic E-state index is 0.129. The van der Waals surface area contributed by atoms with Crippen LogP contribution in [0.4, 0.5) is 11.4 Å². The number of carbonyl (C=O) groups is 2. The van der Waals surface area contributed by atoms with Gasteiger partial charge in [-0.2, -0.15) is 4.80 Å². The summed E-state index contributed by atoms with van der Waals surface area (Å²) in [5.41, 5.74) is 3.91. The van der Waals surface area contributed by atoms with Crippen LogP contribution in [-0.2, 0) is 18.4 Å². The number of para-hydroxylation sites is 1. The van der Waals surface area contributed by atoms with E-state index in [-0.39, 0.29) is 17.9 Å². The smallest absolute Gasteiger partial charge is 0.272 e. The average molecular weight is 552 g/mol. The fourth-order valence-electron chi connectivity index (χ4n) is 5.14. The number of amides is 2. The molecule has 0 saturated carbocycles. The molecule has 1 saturated heterocycles. The molecule has 1 fully saturated rings. The number of carbonyl (C=O) groups excluding carboxylic acids is 2. The Kier molecular flexibility index (Phi) is 7.11. The van der Waals surface area contributed by atoms with E-state index in [9.17, 15) is 9.59 Å². The van der Waals surface area contributed by atoms with Crippen LogP contribution < -0.4 is 10.2 Å². The first-order valence-electron chi connectivity index (χ1n) is 13.4. The number of nitrogens with one attached hydrogen (secondary N) is 1. The molecule has 3 aromatic heterocycles. The molecule has 1 aliphatic rings. The molecule has 4 heterocycles. The van der Waals surface area contributed by atoms with Crippen molar-refractivity contribution in [2.45, 2.75) is 32.4 Å². The zero-order valence-electron chi connectivity index (χ0n) is 22.8. The van der Waals surface area contributed by atoms with E-state index in [0.717, 1.165) is 18.5 Å². The highest BCUT2D eigenvalue weighted by atomic mass is 16.3. The number of aryl methyl sites for hydroxylation is 1. The fourth-order valence-corrected chi connectivity index (χ4v) is 5.14. The molecule has 6 rings (SSSR count). The molecular formula is C29H29N9O3. The van der Waals surface area contributed by atoms with Crippen LogP contribution in [0.15, 0.2) is 71.3 Å². The van der Waals surface area contributed by atoms with E-state index in [1.54, 1.807) is 43.6 Å². The molecule has 208 valence electrons. The Morgan fingerprint density at radius 2 is 1.88 bits per heavy atom. The molecule has 12 heteroatoms. The number of hydrogen-bond donors (Lipinski definition) is 1. The van der Waals surface area contributed by atoms with Gasteiger partial charge in [-0.05, 0) is 60.5 Å². The van der Waals surface area contributed by atoms with Gasteiger partial charge in [0.2, 0.25) is 11.8 Å². The van der Waals surface area contributed by atoms with Crippen molar-refractivity contribution in [2.75, 3.05) is 23.3 Å². The van der Waals surface area contributed by atoms with Crippen LogP contribution in [0.1, 0.15) is 36.1 Å². The Balaban J connectivity index is 1.16. The summed E-state index contributed by atoms with van der Waals surface area (Å²) in [5, 5.41) is 15.3. The predicted octanol–water partition coefficient (Wildman–Crippen LogP) is 3.68. The average Bonchev–Trinajstić information content (AvgIpc) is 3.61. The minimum atomic E-state index is -0.162. The van der Waals surface area contributed by atoms with Gasteiger partial charge in [0, 0.05) is 49.2 Å². The predicted molar refractivity (Wildman–Crippen MR) is 152 cm³/mol. The van der Waals surface area contributed by atoms with Crippen LogP contribution in [0.25, 0.3) is 22.6 Å². The number of anilines is 2. The van der Waals surface area contributed by atoms with Crippen LogP contribution in [0.5, 0.6) is 0 Å². The number of benzene rings is 2. The van der Waals surface area contributed by atoms with Crippen molar-refractivity contribution in [3.05, 3.63) is 78.4 Å². The van der Waals surface area contributed by atoms with Crippen molar-refractivity contribution in [2.24, 2.45) is 7.05 Å². The number of pyridine rings is 1. The lowest BCUT2D eigenvalue weighted by molar-refractivity contribution is -0.114. The number of likely N-dealkylation sites (tertiary alicyclic amines) is 1. The maximum absolute atomic E-state index is 13.5. The number of hydrogen-bond acceptors (Lipinski definition) is 9. The number of oxazole rings is 1. The van der Waals surface area contributed by atoms with Crippen molar-refractivity contribution < 1.29 is 14.0 Å². The third kappa shape index (κ3) is 5.76. The summed E-state index contributed by atoms with van der Waals surface area (Å²) in [5.74, 6) is 0.744. The molecule has 0 bridgehead atoms. The van der Waals surface area contributed by atoms with Crippen molar-refractivity contribution in [3.8, 4) is 11.5 Å². The van der Waals surface area contributed by atoms with Gasteiger partial charge in [0.1, 0.15) is 11.2 Å². The molecule has 0 aliphatic carbocycles. The summed E-state index contributed by atoms with van der Waals surface area (Å²) in [6, 6.07) is 19.1. The SMILES string of the molecule is CC(=O)Nc1ccc2oc(-c3ccnc(C(=O)N4CCC(N(Cc5nnn(C)n5)c5ccccc5)CC4)c3)nc2c1. The van der Waals surface area contributed by atoms with Crippen LogP contribution in [0.2, 0.25) is 0 Å². The number of fused-ring (bicyclic) bond motifs is 1. The van der Waals surface area contributed by atoms with Gasteiger partial charge in [0.15, 0.2) is 11.4 Å². The second-order valence-corrected chi connectivity index (χ2v) is 9.99. The molecule has 1 N–H and O–H groups in total. The molecule has 0 unspecified atom stereocenters. The normalized spacial score (nSPS) is 13.9. The highest BCUT2D eigenvalue weighted by Crippen LogP contribution is 2.28. The quantitative estimate of drug-likeness (QED) is 0.321. The number of rotatable bonds is 7. The first-order valence-corrected chi connectivity index (χ1v) is 13.4. The topological polar surface area (TPSA) is 135 Å². The maximum Gasteiger partial charge on any atom is 0.272 e. The van der Waals surface area contributed by atoms with Crippen LogP contribution in [0, 0.1) is 0 Å². The van der Waals surface area contributed by atoms with E-state index >= 15 is 0 Å². The third-order valence-corrected chi connectivity index (χ3v) is 7.08. The minimum Gasteiger partial charge on any atom is -0.436 e. The lowest BCUT2D eigenvalue weighted by Crippen LogP contribution is -2.47. The molecule has 0 radical (unpaired) electrons. The molecule has 5 aromatic rings. The van der Waals surface area contributed by atoms with Gasteiger partial charge in [-0.3, -0.25) is 14.6 Å². The van der Waals surface area contributed by atoms with Crippen molar-refractivity contribution in [1.82, 2.24) is 35.1 Å². The lowest BCUT2D eigenvalue weighted by atomic mass is 10.0. The van der Waals surface area contributed by atoms with Gasteiger partial charge in [0.25, 0.3) is 5.91 Å². The monoisotopic (exact) mass is 551 g/mol. The molecule has 0 spiro atoms. The summed E-state index contributed by atoms with van der Waals surface area (Å²) in [6.07, 6.45) is 3.18. The Morgan fingerprint density at radius 1 is 1.07 bits per heavy atom. The number of aromatic nitrogens is 6. The van der Waals surface area contributed by atoms with Gasteiger partial charge in [-0.15, -0.1) is 10.2 Å². The van der Waals surface area contributed by atoms with E-state index in [0.29, 0.717) is 59.4 Å². The van der Waals surface area contributed by atoms with Gasteiger partial charge in [0.05, 0.1) is 13.6 Å². The van der Waals surface area contributed by atoms with Gasteiger partial charge in [-0.25, -0.2) is 4.98 Å². The van der Waals surface area contributed by atoms with Crippen molar-refractivity contribution in [1.29, 1.82) is 0 Å². The lowest BCUT2D eigenvalue weighted by Gasteiger charge is -2.39. The number of tetrazole rings is 1. The Labute approximate surface area is 236 Å². The van der Waals surface area contributed by atoms with E-state index < -0.39 is 0 Å². The molecule has 41 heavy (non-hydrogen) atoms. The second-order valence-electron chi connectivity index (χ2n) is 9.99. The van der Waals surface area contributed by atoms with E-state index in [1.165, 1.54) is 11.7 Å². The summed E-state index contributed by atoms with van der Waals surface area (Å²) >= 11 is 0. The number of piperidine rings is 1. The molecule has 2 amide bonds. The summed E-state index contributed by atoms with van der Waals surface area (Å²) in [6.45, 7) is 3.19. The highest BCUT2D eigenvalue weighted by Gasteiger charge is 2.29. The molecule has 12 nitrogen and oxygen atoms in total. The van der Waals surface area contributed by atoms with Crippen LogP contribution in [0.3, 0.4) is 0 Å². The molecule has 2 aromatic carbocycles. The van der Waals surface area contributed by atoms with Crippen LogP contribution in [-0.4, -0.2) is 66.0 Å². The Morgan fingerprint density at radius 3 is 2.61 bits per heavy atom. The molecule has 0 atom stereocenters. The fraction of sp³-hybridized carbons (Fsp3) is 0.276.